The molecule has 1 aromatic rings. The van der Waals surface area contributed by atoms with Crippen LogP contribution in [0.3, 0.4) is 0 Å². The number of hydrogen-bond donors (Lipinski definition) is 2. The number of pyridine rings is 1. The number of amides is 2. The van der Waals surface area contributed by atoms with E-state index in [2.05, 4.69) is 17.1 Å². The van der Waals surface area contributed by atoms with Crippen LogP contribution in [0.15, 0.2) is 30.5 Å². The first-order valence-electron chi connectivity index (χ1n) is 8.78. The molecule has 4 N–H and O–H groups in total. The minimum Gasteiger partial charge on any atom is -0.365 e. The molecule has 2 amide bonds. The molecule has 1 aromatic heterocycles. The van der Waals surface area contributed by atoms with Gasteiger partial charge < -0.3 is 21.3 Å². The molecule has 2 heterocycles. The Morgan fingerprint density at radius 3 is 2.48 bits per heavy atom. The third-order valence-electron chi connectivity index (χ3n) is 5.75. The predicted octanol–water partition coefficient (Wildman–Crippen LogP) is -0.0215. The molecule has 0 spiro atoms. The van der Waals surface area contributed by atoms with Crippen LogP contribution in [0.1, 0.15) is 16.8 Å². The van der Waals surface area contributed by atoms with Crippen LogP contribution in [-0.4, -0.2) is 53.9 Å². The summed E-state index contributed by atoms with van der Waals surface area (Å²) in [5, 5.41) is 0. The number of hydrogen-bond acceptors (Lipinski definition) is 5. The summed E-state index contributed by atoms with van der Waals surface area (Å²) in [4.78, 5) is 32.7. The van der Waals surface area contributed by atoms with E-state index in [1.165, 1.54) is 0 Å². The van der Waals surface area contributed by atoms with Gasteiger partial charge in [-0.25, -0.2) is 4.98 Å². The molecule has 0 radical (unpaired) electrons. The lowest BCUT2D eigenvalue weighted by Gasteiger charge is -2.38. The average molecular weight is 341 g/mol. The van der Waals surface area contributed by atoms with Gasteiger partial charge in [0.15, 0.2) is 0 Å². The second kappa shape index (κ2) is 6.15. The maximum absolute atomic E-state index is 12.9. The molecule has 0 unspecified atom stereocenters. The summed E-state index contributed by atoms with van der Waals surface area (Å²) in [7, 11) is 0. The number of aromatic nitrogens is 1. The molecule has 2 aliphatic carbocycles. The van der Waals surface area contributed by atoms with Crippen molar-refractivity contribution in [3.8, 4) is 0 Å². The number of carbonyl (C=O) groups excluding carboxylic acids is 2. The average Bonchev–Trinajstić information content (AvgIpc) is 3.22. The number of primary amides is 1. The highest BCUT2D eigenvalue weighted by molar-refractivity contribution is 5.97. The maximum atomic E-state index is 12.9. The van der Waals surface area contributed by atoms with E-state index < -0.39 is 5.91 Å². The van der Waals surface area contributed by atoms with Crippen molar-refractivity contribution >= 4 is 17.6 Å². The van der Waals surface area contributed by atoms with E-state index in [0.29, 0.717) is 49.4 Å². The van der Waals surface area contributed by atoms with Gasteiger partial charge in [0.05, 0.1) is 11.5 Å². The Hall–Kier alpha value is -2.41. The van der Waals surface area contributed by atoms with Crippen LogP contribution >= 0.6 is 0 Å². The van der Waals surface area contributed by atoms with E-state index >= 15 is 0 Å². The summed E-state index contributed by atoms with van der Waals surface area (Å²) in [6.45, 7) is 2.49. The van der Waals surface area contributed by atoms with Gasteiger partial charge in [-0.15, -0.1) is 0 Å². The topological polar surface area (TPSA) is 106 Å². The largest absolute Gasteiger partial charge is 0.365 e. The Morgan fingerprint density at radius 1 is 1.12 bits per heavy atom. The molecule has 2 bridgehead atoms. The van der Waals surface area contributed by atoms with Crippen LogP contribution in [0, 0.1) is 17.8 Å². The molecule has 4 atom stereocenters. The van der Waals surface area contributed by atoms with Gasteiger partial charge in [0.1, 0.15) is 5.82 Å². The van der Waals surface area contributed by atoms with Crippen molar-refractivity contribution in [3.63, 3.8) is 0 Å². The molecule has 132 valence electrons. The van der Waals surface area contributed by atoms with Crippen molar-refractivity contribution < 1.29 is 9.59 Å². The van der Waals surface area contributed by atoms with Gasteiger partial charge in [0.25, 0.3) is 5.91 Å². The molecule has 1 aliphatic heterocycles. The fraction of sp³-hybridized carbons (Fsp3) is 0.500. The van der Waals surface area contributed by atoms with Gasteiger partial charge >= 0.3 is 0 Å². The molecule has 1 saturated heterocycles. The Morgan fingerprint density at radius 2 is 1.84 bits per heavy atom. The zero-order valence-corrected chi connectivity index (χ0v) is 14.0. The number of allylic oxidation sites excluding steroid dienone is 1. The smallest absolute Gasteiger partial charge is 0.252 e. The minimum absolute atomic E-state index is 0.0576. The highest BCUT2D eigenvalue weighted by Crippen LogP contribution is 2.43. The van der Waals surface area contributed by atoms with Crippen molar-refractivity contribution in [2.75, 3.05) is 31.1 Å². The second-order valence-corrected chi connectivity index (χ2v) is 7.10. The van der Waals surface area contributed by atoms with Gasteiger partial charge in [-0.2, -0.15) is 0 Å². The predicted molar refractivity (Wildman–Crippen MR) is 93.8 cm³/mol. The van der Waals surface area contributed by atoms with Gasteiger partial charge in [0.2, 0.25) is 5.91 Å². The van der Waals surface area contributed by atoms with Crippen LogP contribution in [0.2, 0.25) is 0 Å². The summed E-state index contributed by atoms with van der Waals surface area (Å²) in [6.07, 6.45) is 6.97. The fourth-order valence-corrected chi connectivity index (χ4v) is 4.40. The molecule has 0 aromatic carbocycles. The summed E-state index contributed by atoms with van der Waals surface area (Å²) in [5.74, 6) is 0.843. The van der Waals surface area contributed by atoms with Gasteiger partial charge in [0, 0.05) is 38.4 Å². The molecule has 1 saturated carbocycles. The van der Waals surface area contributed by atoms with E-state index in [1.54, 1.807) is 18.3 Å². The lowest BCUT2D eigenvalue weighted by molar-refractivity contribution is -0.137. The number of piperazine rings is 1. The SMILES string of the molecule is NC(=O)c1cccnc1N1CCN(C(=O)[C@H]2[C@@H](N)[C@H]3C=C[C@@H]2C3)CC1. The summed E-state index contributed by atoms with van der Waals surface area (Å²) < 4.78 is 0. The number of anilines is 1. The Balaban J connectivity index is 1.43. The first-order chi connectivity index (χ1) is 12.1. The lowest BCUT2D eigenvalue weighted by atomic mass is 9.88. The Bertz CT molecular complexity index is 726. The monoisotopic (exact) mass is 341 g/mol. The third kappa shape index (κ3) is 2.68. The zero-order chi connectivity index (χ0) is 17.6. The van der Waals surface area contributed by atoms with Crippen molar-refractivity contribution in [3.05, 3.63) is 36.0 Å². The van der Waals surface area contributed by atoms with Gasteiger partial charge in [-0.05, 0) is 30.4 Å². The molecule has 4 rings (SSSR count). The van der Waals surface area contributed by atoms with E-state index in [-0.39, 0.29) is 17.9 Å². The van der Waals surface area contributed by atoms with Crippen LogP contribution in [-0.2, 0) is 4.79 Å². The highest BCUT2D eigenvalue weighted by Gasteiger charge is 2.47. The van der Waals surface area contributed by atoms with Crippen LogP contribution in [0.4, 0.5) is 5.82 Å². The van der Waals surface area contributed by atoms with Crippen LogP contribution in [0.25, 0.3) is 0 Å². The quantitative estimate of drug-likeness (QED) is 0.752. The van der Waals surface area contributed by atoms with E-state index in [1.807, 2.05) is 9.80 Å². The number of fused-ring (bicyclic) bond motifs is 2. The number of nitrogens with two attached hydrogens (primary N) is 2. The number of nitrogens with zero attached hydrogens (tertiary/aromatic N) is 3. The van der Waals surface area contributed by atoms with Crippen molar-refractivity contribution in [2.45, 2.75) is 12.5 Å². The van der Waals surface area contributed by atoms with Crippen molar-refractivity contribution in [1.82, 2.24) is 9.88 Å². The standard InChI is InChI=1S/C18H23N5O2/c19-15-12-4-3-11(10-12)14(15)18(25)23-8-6-22(7-9-23)17-13(16(20)24)2-1-5-21-17/h1-5,11-12,14-15H,6-10,19H2,(H2,20,24)/t11-,12+,14-,15+/m1/s1. The third-order valence-corrected chi connectivity index (χ3v) is 5.75. The normalized spacial score (nSPS) is 30.8. The van der Waals surface area contributed by atoms with Crippen LogP contribution in [0.5, 0.6) is 0 Å². The highest BCUT2D eigenvalue weighted by atomic mass is 16.2. The zero-order valence-electron chi connectivity index (χ0n) is 14.0. The van der Waals surface area contributed by atoms with Crippen molar-refractivity contribution in [1.29, 1.82) is 0 Å². The summed E-state index contributed by atoms with van der Waals surface area (Å²) in [5.41, 5.74) is 12.1. The Labute approximate surface area is 146 Å². The molecule has 25 heavy (non-hydrogen) atoms. The molecule has 3 aliphatic rings. The molecule has 2 fully saturated rings. The fourth-order valence-electron chi connectivity index (χ4n) is 4.40. The molecule has 7 nitrogen and oxygen atoms in total. The van der Waals surface area contributed by atoms with Crippen molar-refractivity contribution in [2.24, 2.45) is 29.2 Å². The minimum atomic E-state index is -0.485. The number of carbonyl (C=O) groups is 2. The van der Waals surface area contributed by atoms with Gasteiger partial charge in [-0.3, -0.25) is 9.59 Å². The lowest BCUT2D eigenvalue weighted by Crippen LogP contribution is -2.53. The maximum Gasteiger partial charge on any atom is 0.252 e. The molecular weight excluding hydrogens is 318 g/mol. The van der Waals surface area contributed by atoms with E-state index in [4.69, 9.17) is 11.5 Å². The van der Waals surface area contributed by atoms with Gasteiger partial charge in [-0.1, -0.05) is 12.2 Å². The number of rotatable bonds is 3. The second-order valence-electron chi connectivity index (χ2n) is 7.10. The van der Waals surface area contributed by atoms with Crippen LogP contribution < -0.4 is 16.4 Å². The van der Waals surface area contributed by atoms with E-state index in [9.17, 15) is 9.59 Å². The summed E-state index contributed by atoms with van der Waals surface area (Å²) in [6, 6.07) is 3.33. The van der Waals surface area contributed by atoms with E-state index in [0.717, 1.165) is 6.42 Å². The first kappa shape index (κ1) is 16.1. The summed E-state index contributed by atoms with van der Waals surface area (Å²) >= 11 is 0. The first-order valence-corrected chi connectivity index (χ1v) is 8.78. The molecule has 7 heteroatoms. The Kier molecular flexibility index (Phi) is 3.95. The molecular formula is C18H23N5O2.